The summed E-state index contributed by atoms with van der Waals surface area (Å²) in [4.78, 5) is 2.04. The predicted octanol–water partition coefficient (Wildman–Crippen LogP) is 5.52. The van der Waals surface area contributed by atoms with Crippen LogP contribution in [0, 0.1) is 0 Å². The van der Waals surface area contributed by atoms with Gasteiger partial charge in [0.1, 0.15) is 0 Å². The molecule has 0 fully saturated rings. The Kier molecular flexibility index (Phi) is 7.23. The Bertz CT molecular complexity index is 1400. The van der Waals surface area contributed by atoms with Crippen molar-refractivity contribution in [3.63, 3.8) is 0 Å². The van der Waals surface area contributed by atoms with Gasteiger partial charge in [-0.2, -0.15) is 4.57 Å². The molecule has 34 heavy (non-hydrogen) atoms. The standard InChI is InChI=1S/C24H24Cl2N2O5S/c1-3-16(12-23-27(4-2)19-14-17(25)6-8-21(19)32-23)13-24-28(10-5-11-34(29,30)31)20-15-18(26)7-9-22(20)33-24/h6-9,12-15H,3-5,10-11H2,1-2H3. The number of hydrogen-bond acceptors (Lipinski definition) is 6. The molecule has 10 heteroatoms. The van der Waals surface area contributed by atoms with Gasteiger partial charge in [0.25, 0.3) is 5.52 Å². The lowest BCUT2D eigenvalue weighted by atomic mass is 10.2. The third-order valence-corrected chi connectivity index (χ3v) is 6.76. The predicted molar refractivity (Wildman–Crippen MR) is 132 cm³/mol. The van der Waals surface area contributed by atoms with Gasteiger partial charge in [-0.25, -0.2) is 8.42 Å². The van der Waals surface area contributed by atoms with Crippen LogP contribution in [0.3, 0.4) is 0 Å². The summed E-state index contributed by atoms with van der Waals surface area (Å²) >= 11 is 12.4. The number of halogens is 2. The van der Waals surface area contributed by atoms with Crippen molar-refractivity contribution in [2.24, 2.45) is 0 Å². The van der Waals surface area contributed by atoms with Crippen LogP contribution in [0.5, 0.6) is 5.75 Å². The van der Waals surface area contributed by atoms with Crippen molar-refractivity contribution in [1.82, 2.24) is 0 Å². The molecule has 1 aromatic heterocycles. The molecular weight excluding hydrogens is 499 g/mol. The Morgan fingerprint density at radius 2 is 1.88 bits per heavy atom. The molecule has 0 N–H and O–H groups in total. The molecule has 3 aromatic rings. The molecule has 2 heterocycles. The van der Waals surface area contributed by atoms with Crippen molar-refractivity contribution < 1.29 is 26.7 Å². The van der Waals surface area contributed by atoms with E-state index in [1.807, 2.05) is 47.6 Å². The van der Waals surface area contributed by atoms with Gasteiger partial charge in [0.05, 0.1) is 21.9 Å². The lowest BCUT2D eigenvalue weighted by Gasteiger charge is -2.16. The van der Waals surface area contributed by atoms with Crippen molar-refractivity contribution in [2.45, 2.75) is 33.2 Å². The molecule has 0 saturated carbocycles. The number of ether oxygens (including phenoxy) is 1. The van der Waals surface area contributed by atoms with Gasteiger partial charge < -0.3 is 18.6 Å². The van der Waals surface area contributed by atoms with Crippen LogP contribution < -0.4 is 14.2 Å². The van der Waals surface area contributed by atoms with Crippen LogP contribution in [0.15, 0.2) is 58.3 Å². The first-order valence-corrected chi connectivity index (χ1v) is 13.2. The molecule has 7 nitrogen and oxygen atoms in total. The van der Waals surface area contributed by atoms with E-state index in [1.165, 1.54) is 0 Å². The second kappa shape index (κ2) is 10.00. The van der Waals surface area contributed by atoms with Crippen LogP contribution in [0.1, 0.15) is 32.6 Å². The van der Waals surface area contributed by atoms with Crippen molar-refractivity contribution in [1.29, 1.82) is 0 Å². The van der Waals surface area contributed by atoms with E-state index in [9.17, 15) is 13.0 Å². The Balaban J connectivity index is 1.72. The summed E-state index contributed by atoms with van der Waals surface area (Å²) in [6, 6.07) is 10.8. The first kappa shape index (κ1) is 24.6. The Labute approximate surface area is 208 Å². The highest BCUT2D eigenvalue weighted by molar-refractivity contribution is 7.85. The fourth-order valence-electron chi connectivity index (χ4n) is 3.88. The van der Waals surface area contributed by atoms with Gasteiger partial charge in [-0.05, 0) is 49.2 Å². The largest absolute Gasteiger partial charge is 0.748 e. The Morgan fingerprint density at radius 3 is 2.59 bits per heavy atom. The number of allylic oxidation sites excluding steroid dienone is 2. The van der Waals surface area contributed by atoms with Gasteiger partial charge >= 0.3 is 5.89 Å². The lowest BCUT2D eigenvalue weighted by molar-refractivity contribution is -0.677. The van der Waals surface area contributed by atoms with Gasteiger partial charge in [-0.15, -0.1) is 0 Å². The van der Waals surface area contributed by atoms with E-state index in [1.54, 1.807) is 24.3 Å². The summed E-state index contributed by atoms with van der Waals surface area (Å²) in [7, 11) is -4.31. The summed E-state index contributed by atoms with van der Waals surface area (Å²) in [5.74, 6) is 1.48. The minimum Gasteiger partial charge on any atom is -0.748 e. The van der Waals surface area contributed by atoms with Crippen LogP contribution >= 0.6 is 23.2 Å². The second-order valence-electron chi connectivity index (χ2n) is 7.83. The van der Waals surface area contributed by atoms with Gasteiger partial charge in [0, 0.05) is 40.9 Å². The second-order valence-corrected chi connectivity index (χ2v) is 10.2. The fraction of sp³-hybridized carbons (Fsp3) is 0.292. The molecule has 1 aliphatic rings. The number of aromatic nitrogens is 1. The monoisotopic (exact) mass is 522 g/mol. The first-order chi connectivity index (χ1) is 16.2. The molecule has 1 aliphatic heterocycles. The average Bonchev–Trinajstić information content (AvgIpc) is 3.29. The smallest absolute Gasteiger partial charge is 0.374 e. The van der Waals surface area contributed by atoms with Crippen LogP contribution in [-0.2, 0) is 16.7 Å². The molecule has 0 aliphatic carbocycles. The number of oxazole rings is 1. The van der Waals surface area contributed by atoms with Gasteiger partial charge in [0.15, 0.2) is 12.3 Å². The number of anilines is 1. The molecule has 0 radical (unpaired) electrons. The van der Waals surface area contributed by atoms with Gasteiger partial charge in [-0.3, -0.25) is 0 Å². The highest BCUT2D eigenvalue weighted by Crippen LogP contribution is 2.40. The number of aryl methyl sites for hydroxylation is 1. The Morgan fingerprint density at radius 1 is 1.15 bits per heavy atom. The number of fused-ring (bicyclic) bond motifs is 2. The SMILES string of the molecule is CCC(=C/c1oc2ccc(Cl)cc2[n+]1CCCS(=O)(=O)[O-])/C=C1\Oc2ccc(Cl)cc2N1CC. The minimum atomic E-state index is -4.31. The normalized spacial score (nSPS) is 15.3. The molecule has 0 bridgehead atoms. The van der Waals surface area contributed by atoms with Crippen LogP contribution in [-0.4, -0.2) is 25.3 Å². The Hall–Kier alpha value is -2.52. The molecule has 0 saturated heterocycles. The zero-order valence-corrected chi connectivity index (χ0v) is 21.1. The van der Waals surface area contributed by atoms with E-state index < -0.39 is 15.9 Å². The zero-order chi connectivity index (χ0) is 24.5. The summed E-state index contributed by atoms with van der Waals surface area (Å²) < 4.78 is 47.3. The molecule has 0 amide bonds. The molecule has 0 atom stereocenters. The van der Waals surface area contributed by atoms with Crippen LogP contribution in [0.25, 0.3) is 17.2 Å². The molecular formula is C24H24Cl2N2O5S. The van der Waals surface area contributed by atoms with Crippen molar-refractivity contribution in [3.05, 3.63) is 69.9 Å². The summed E-state index contributed by atoms with van der Waals surface area (Å²) in [5, 5.41) is 1.16. The van der Waals surface area contributed by atoms with E-state index in [4.69, 9.17) is 32.4 Å². The van der Waals surface area contributed by atoms with E-state index in [-0.39, 0.29) is 13.0 Å². The third-order valence-electron chi connectivity index (χ3n) is 5.50. The lowest BCUT2D eigenvalue weighted by Crippen LogP contribution is -2.36. The minimum absolute atomic E-state index is 0.157. The summed E-state index contributed by atoms with van der Waals surface area (Å²) in [6.45, 7) is 5.04. The third kappa shape index (κ3) is 5.41. The molecule has 180 valence electrons. The topological polar surface area (TPSA) is 86.7 Å². The van der Waals surface area contributed by atoms with Crippen molar-refractivity contribution in [3.8, 4) is 5.75 Å². The van der Waals surface area contributed by atoms with Crippen molar-refractivity contribution >= 4 is 56.2 Å². The fourth-order valence-corrected chi connectivity index (χ4v) is 4.70. The molecule has 4 rings (SSSR count). The van der Waals surface area contributed by atoms with E-state index in [0.29, 0.717) is 40.4 Å². The molecule has 2 aromatic carbocycles. The average molecular weight is 523 g/mol. The quantitative estimate of drug-likeness (QED) is 0.286. The number of rotatable bonds is 8. The van der Waals surface area contributed by atoms with Gasteiger partial charge in [0.2, 0.25) is 11.5 Å². The number of nitrogens with zero attached hydrogens (tertiary/aromatic N) is 2. The summed E-state index contributed by atoms with van der Waals surface area (Å²) in [5.41, 5.74) is 3.17. The number of hydrogen-bond donors (Lipinski definition) is 0. The van der Waals surface area contributed by atoms with Crippen molar-refractivity contribution in [2.75, 3.05) is 17.2 Å². The van der Waals surface area contributed by atoms with Gasteiger partial charge in [-0.1, -0.05) is 30.1 Å². The highest BCUT2D eigenvalue weighted by Gasteiger charge is 2.26. The maximum Gasteiger partial charge on any atom is 0.374 e. The van der Waals surface area contributed by atoms with Crippen LogP contribution in [0.4, 0.5) is 5.69 Å². The molecule has 0 spiro atoms. The maximum absolute atomic E-state index is 11.1. The highest BCUT2D eigenvalue weighted by atomic mass is 35.5. The molecule has 0 unspecified atom stereocenters. The zero-order valence-electron chi connectivity index (χ0n) is 18.8. The first-order valence-electron chi connectivity index (χ1n) is 10.9. The van der Waals surface area contributed by atoms with E-state index in [0.717, 1.165) is 22.5 Å². The summed E-state index contributed by atoms with van der Waals surface area (Å²) in [6.07, 6.45) is 4.68. The van der Waals surface area contributed by atoms with E-state index >= 15 is 0 Å². The van der Waals surface area contributed by atoms with Crippen LogP contribution in [0.2, 0.25) is 10.0 Å². The van der Waals surface area contributed by atoms with E-state index in [2.05, 4.69) is 0 Å². The number of benzene rings is 2. The maximum atomic E-state index is 11.1.